The lowest BCUT2D eigenvalue weighted by Crippen LogP contribution is -2.31. The second kappa shape index (κ2) is 5.45. The second-order valence-electron chi connectivity index (χ2n) is 4.23. The van der Waals surface area contributed by atoms with Gasteiger partial charge in [0.05, 0.1) is 0 Å². The topological polar surface area (TPSA) is 55.4 Å². The van der Waals surface area contributed by atoms with Gasteiger partial charge in [-0.15, -0.1) is 0 Å². The molecule has 0 heterocycles. The second-order valence-corrected chi connectivity index (χ2v) is 4.23. The van der Waals surface area contributed by atoms with E-state index in [9.17, 15) is 4.79 Å². The maximum Gasteiger partial charge on any atom is 0.242 e. The molecule has 3 nitrogen and oxygen atoms in total. The minimum atomic E-state index is -0.445. The van der Waals surface area contributed by atoms with E-state index in [0.717, 1.165) is 11.1 Å². The van der Waals surface area contributed by atoms with Crippen LogP contribution in [0.3, 0.4) is 0 Å². The van der Waals surface area contributed by atoms with E-state index in [2.05, 4.69) is 4.99 Å². The van der Waals surface area contributed by atoms with Crippen LogP contribution in [0.25, 0.3) is 0 Å². The Labute approximate surface area is 96.4 Å². The van der Waals surface area contributed by atoms with Gasteiger partial charge in [0.15, 0.2) is 0 Å². The first-order valence-electron chi connectivity index (χ1n) is 5.40. The van der Waals surface area contributed by atoms with Crippen LogP contribution >= 0.6 is 0 Å². The molecule has 0 aliphatic heterocycles. The van der Waals surface area contributed by atoms with E-state index in [1.165, 1.54) is 0 Å². The summed E-state index contributed by atoms with van der Waals surface area (Å²) < 4.78 is 0. The van der Waals surface area contributed by atoms with Gasteiger partial charge in [-0.2, -0.15) is 0 Å². The number of aryl methyl sites for hydroxylation is 1. The highest BCUT2D eigenvalue weighted by molar-refractivity contribution is 5.86. The molecule has 1 amide bonds. The third kappa shape index (κ3) is 3.19. The molecule has 0 saturated carbocycles. The Kier molecular flexibility index (Phi) is 4.23. The summed E-state index contributed by atoms with van der Waals surface area (Å²) in [6, 6.07) is 7.45. The summed E-state index contributed by atoms with van der Waals surface area (Å²) >= 11 is 0. The van der Waals surface area contributed by atoms with Crippen molar-refractivity contribution in [3.63, 3.8) is 0 Å². The van der Waals surface area contributed by atoms with Crippen molar-refractivity contribution in [1.82, 2.24) is 0 Å². The summed E-state index contributed by atoms with van der Waals surface area (Å²) in [5, 5.41) is 0. The van der Waals surface area contributed by atoms with E-state index in [4.69, 9.17) is 5.73 Å². The fourth-order valence-corrected chi connectivity index (χ4v) is 1.47. The van der Waals surface area contributed by atoms with Gasteiger partial charge in [-0.3, -0.25) is 9.79 Å². The molecule has 0 fully saturated rings. The summed E-state index contributed by atoms with van der Waals surface area (Å²) in [4.78, 5) is 15.4. The lowest BCUT2D eigenvalue weighted by molar-refractivity contribution is -0.119. The number of rotatable bonds is 4. The monoisotopic (exact) mass is 218 g/mol. The molecule has 0 aromatic heterocycles. The highest BCUT2D eigenvalue weighted by atomic mass is 16.1. The highest BCUT2D eigenvalue weighted by Gasteiger charge is 2.16. The molecular weight excluding hydrogens is 200 g/mol. The van der Waals surface area contributed by atoms with Gasteiger partial charge in [0, 0.05) is 6.21 Å². The molecule has 0 spiro atoms. The highest BCUT2D eigenvalue weighted by Crippen LogP contribution is 2.08. The Morgan fingerprint density at radius 1 is 1.38 bits per heavy atom. The first-order chi connectivity index (χ1) is 7.52. The quantitative estimate of drug-likeness (QED) is 0.771. The normalized spacial score (nSPS) is 13.2. The van der Waals surface area contributed by atoms with Gasteiger partial charge >= 0.3 is 0 Å². The van der Waals surface area contributed by atoms with Crippen LogP contribution in [0.15, 0.2) is 29.3 Å². The van der Waals surface area contributed by atoms with Gasteiger partial charge in [-0.05, 0) is 24.0 Å². The van der Waals surface area contributed by atoms with Gasteiger partial charge in [-0.1, -0.05) is 38.1 Å². The molecule has 16 heavy (non-hydrogen) atoms. The van der Waals surface area contributed by atoms with Crippen LogP contribution in [0.4, 0.5) is 0 Å². The Morgan fingerprint density at radius 3 is 2.50 bits per heavy atom. The molecule has 0 saturated heterocycles. The van der Waals surface area contributed by atoms with Crippen molar-refractivity contribution in [2.75, 3.05) is 0 Å². The molecule has 1 rings (SSSR count). The van der Waals surface area contributed by atoms with Crippen molar-refractivity contribution in [3.05, 3.63) is 35.4 Å². The molecule has 0 aliphatic carbocycles. The molecule has 0 unspecified atom stereocenters. The molecule has 1 aromatic carbocycles. The molecule has 1 atom stereocenters. The van der Waals surface area contributed by atoms with Crippen molar-refractivity contribution in [1.29, 1.82) is 0 Å². The van der Waals surface area contributed by atoms with Crippen molar-refractivity contribution in [2.24, 2.45) is 16.6 Å². The first-order valence-corrected chi connectivity index (χ1v) is 5.40. The van der Waals surface area contributed by atoms with Crippen LogP contribution in [-0.4, -0.2) is 18.2 Å². The average Bonchev–Trinajstić information content (AvgIpc) is 2.20. The van der Waals surface area contributed by atoms with Crippen LogP contribution in [0.1, 0.15) is 25.0 Å². The molecule has 0 radical (unpaired) electrons. The number of benzene rings is 1. The maximum absolute atomic E-state index is 11.2. The smallest absolute Gasteiger partial charge is 0.242 e. The van der Waals surface area contributed by atoms with Crippen LogP contribution in [0.2, 0.25) is 0 Å². The minimum Gasteiger partial charge on any atom is -0.368 e. The zero-order chi connectivity index (χ0) is 12.1. The summed E-state index contributed by atoms with van der Waals surface area (Å²) in [6.45, 7) is 5.88. The zero-order valence-corrected chi connectivity index (χ0v) is 9.97. The lowest BCUT2D eigenvalue weighted by Gasteiger charge is -2.11. The third-order valence-electron chi connectivity index (χ3n) is 2.49. The maximum atomic E-state index is 11.2. The first kappa shape index (κ1) is 12.4. The number of amides is 1. The summed E-state index contributed by atoms with van der Waals surface area (Å²) in [7, 11) is 0. The number of primary amides is 1. The number of carbonyl (C=O) groups is 1. The van der Waals surface area contributed by atoms with Crippen molar-refractivity contribution in [3.8, 4) is 0 Å². The fraction of sp³-hybridized carbons (Fsp3) is 0.385. The predicted molar refractivity (Wildman–Crippen MR) is 66.6 cm³/mol. The molecule has 0 aliphatic rings. The largest absolute Gasteiger partial charge is 0.368 e. The Bertz CT molecular complexity index is 397. The lowest BCUT2D eigenvalue weighted by atomic mass is 10.0. The van der Waals surface area contributed by atoms with E-state index in [0.29, 0.717) is 0 Å². The Balaban J connectivity index is 2.87. The van der Waals surface area contributed by atoms with Gasteiger partial charge in [0.1, 0.15) is 6.04 Å². The van der Waals surface area contributed by atoms with E-state index in [-0.39, 0.29) is 11.8 Å². The van der Waals surface area contributed by atoms with E-state index in [1.54, 1.807) is 6.21 Å². The van der Waals surface area contributed by atoms with E-state index < -0.39 is 6.04 Å². The van der Waals surface area contributed by atoms with Crippen molar-refractivity contribution >= 4 is 12.1 Å². The van der Waals surface area contributed by atoms with E-state index in [1.807, 2.05) is 45.0 Å². The van der Waals surface area contributed by atoms with Crippen LogP contribution in [-0.2, 0) is 4.79 Å². The Hall–Kier alpha value is -1.64. The molecule has 2 N–H and O–H groups in total. The zero-order valence-electron chi connectivity index (χ0n) is 9.97. The van der Waals surface area contributed by atoms with Crippen LogP contribution < -0.4 is 5.73 Å². The number of hydrogen-bond acceptors (Lipinski definition) is 2. The third-order valence-corrected chi connectivity index (χ3v) is 2.49. The number of hydrogen-bond donors (Lipinski definition) is 1. The molecule has 1 aromatic rings. The standard InChI is InChI=1S/C13H18N2O/c1-9(2)12(13(14)16)15-8-11-7-5-4-6-10(11)3/h4-9,12H,1-3H3,(H2,14,16)/t12-/m1/s1. The summed E-state index contributed by atoms with van der Waals surface area (Å²) in [5.41, 5.74) is 7.45. The van der Waals surface area contributed by atoms with Crippen LogP contribution in [0, 0.1) is 12.8 Å². The predicted octanol–water partition coefficient (Wildman–Crippen LogP) is 1.92. The number of nitrogens with two attached hydrogens (primary N) is 1. The SMILES string of the molecule is Cc1ccccc1C=N[C@@H](C(N)=O)C(C)C. The van der Waals surface area contributed by atoms with Gasteiger partial charge < -0.3 is 5.73 Å². The molecular formula is C13H18N2O. The minimum absolute atomic E-state index is 0.123. The molecule has 3 heteroatoms. The number of aliphatic imine (C=N–C) groups is 1. The van der Waals surface area contributed by atoms with Gasteiger partial charge in [0.25, 0.3) is 0 Å². The fourth-order valence-electron chi connectivity index (χ4n) is 1.47. The summed E-state index contributed by atoms with van der Waals surface area (Å²) in [5.74, 6) is -0.252. The number of nitrogens with zero attached hydrogens (tertiary/aromatic N) is 1. The van der Waals surface area contributed by atoms with Gasteiger partial charge in [-0.25, -0.2) is 0 Å². The van der Waals surface area contributed by atoms with Gasteiger partial charge in [0.2, 0.25) is 5.91 Å². The molecule has 86 valence electrons. The van der Waals surface area contributed by atoms with Crippen molar-refractivity contribution in [2.45, 2.75) is 26.8 Å². The summed E-state index contributed by atoms with van der Waals surface area (Å²) in [6.07, 6.45) is 1.73. The Morgan fingerprint density at radius 2 is 2.00 bits per heavy atom. The van der Waals surface area contributed by atoms with Crippen LogP contribution in [0.5, 0.6) is 0 Å². The number of carbonyl (C=O) groups excluding carboxylic acids is 1. The average molecular weight is 218 g/mol. The van der Waals surface area contributed by atoms with Crippen molar-refractivity contribution < 1.29 is 4.79 Å². The molecule has 0 bridgehead atoms. The van der Waals surface area contributed by atoms with E-state index >= 15 is 0 Å².